The smallest absolute Gasteiger partial charge is 0.119 e. The molecule has 3 heteroatoms. The lowest BCUT2D eigenvalue weighted by Crippen LogP contribution is -2.29. The summed E-state index contributed by atoms with van der Waals surface area (Å²) in [5.74, 6) is 0.890. The molecule has 2 nitrogen and oxygen atoms in total. The molecule has 0 amide bonds. The summed E-state index contributed by atoms with van der Waals surface area (Å²) < 4.78 is 5.64. The molecule has 1 aromatic rings. The second kappa shape index (κ2) is 6.12. The van der Waals surface area contributed by atoms with Crippen LogP contribution in [-0.4, -0.2) is 24.6 Å². The van der Waals surface area contributed by atoms with Gasteiger partial charge in [-0.05, 0) is 43.7 Å². The summed E-state index contributed by atoms with van der Waals surface area (Å²) in [6.45, 7) is 5.17. The molecule has 0 bridgehead atoms. The molecule has 1 heterocycles. The summed E-state index contributed by atoms with van der Waals surface area (Å²) in [6.07, 6.45) is 3.84. The normalized spacial score (nSPS) is 17.3. The molecule has 1 aliphatic rings. The van der Waals surface area contributed by atoms with Gasteiger partial charge in [-0.3, -0.25) is 4.90 Å². The molecule has 16 heavy (non-hydrogen) atoms. The predicted molar refractivity (Wildman–Crippen MR) is 66.7 cm³/mol. The SMILES string of the molecule is Clc1ccc(OCCN2[CH]CCCC2)cc1. The van der Waals surface area contributed by atoms with Crippen LogP contribution in [0.5, 0.6) is 5.75 Å². The van der Waals surface area contributed by atoms with E-state index in [1.165, 1.54) is 25.8 Å². The zero-order valence-electron chi connectivity index (χ0n) is 9.36. The molecule has 0 N–H and O–H groups in total. The minimum Gasteiger partial charge on any atom is -0.492 e. The maximum Gasteiger partial charge on any atom is 0.119 e. The average molecular weight is 239 g/mol. The van der Waals surface area contributed by atoms with Gasteiger partial charge in [0.25, 0.3) is 0 Å². The Bertz CT molecular complexity index is 306. The molecular formula is C13H17ClNO. The molecule has 0 aliphatic carbocycles. The number of likely N-dealkylation sites (tertiary alicyclic amines) is 1. The van der Waals surface area contributed by atoms with Crippen molar-refractivity contribution in [3.8, 4) is 5.75 Å². The highest BCUT2D eigenvalue weighted by Gasteiger charge is 2.09. The Labute approximate surface area is 102 Å². The van der Waals surface area contributed by atoms with Crippen LogP contribution in [0.2, 0.25) is 5.02 Å². The van der Waals surface area contributed by atoms with Crippen LogP contribution in [-0.2, 0) is 0 Å². The van der Waals surface area contributed by atoms with Gasteiger partial charge >= 0.3 is 0 Å². The molecule has 0 aromatic heterocycles. The molecule has 1 aliphatic heterocycles. The fourth-order valence-electron chi connectivity index (χ4n) is 1.84. The first-order valence-corrected chi connectivity index (χ1v) is 6.18. The summed E-state index contributed by atoms with van der Waals surface area (Å²) in [7, 11) is 0. The summed E-state index contributed by atoms with van der Waals surface area (Å²) in [5.41, 5.74) is 0. The fraction of sp³-hybridized carbons (Fsp3) is 0.462. The summed E-state index contributed by atoms with van der Waals surface area (Å²) in [6, 6.07) is 7.51. The first-order valence-electron chi connectivity index (χ1n) is 5.80. The Hall–Kier alpha value is -0.730. The van der Waals surface area contributed by atoms with E-state index in [4.69, 9.17) is 16.3 Å². The van der Waals surface area contributed by atoms with Crippen molar-refractivity contribution in [1.82, 2.24) is 4.90 Å². The van der Waals surface area contributed by atoms with Gasteiger partial charge in [0.2, 0.25) is 0 Å². The van der Waals surface area contributed by atoms with Gasteiger partial charge < -0.3 is 4.74 Å². The van der Waals surface area contributed by atoms with E-state index in [-0.39, 0.29) is 0 Å². The topological polar surface area (TPSA) is 12.5 Å². The van der Waals surface area contributed by atoms with E-state index in [1.54, 1.807) is 0 Å². The van der Waals surface area contributed by atoms with Crippen molar-refractivity contribution < 1.29 is 4.74 Å². The molecule has 2 rings (SSSR count). The van der Waals surface area contributed by atoms with E-state index in [2.05, 4.69) is 11.4 Å². The number of ether oxygens (including phenoxy) is 1. The van der Waals surface area contributed by atoms with E-state index < -0.39 is 0 Å². The van der Waals surface area contributed by atoms with Crippen molar-refractivity contribution in [3.63, 3.8) is 0 Å². The highest BCUT2D eigenvalue weighted by molar-refractivity contribution is 6.30. The Balaban J connectivity index is 1.69. The number of hydrogen-bond acceptors (Lipinski definition) is 2. The predicted octanol–water partition coefficient (Wildman–Crippen LogP) is 3.37. The molecule has 0 atom stereocenters. The maximum atomic E-state index is 5.80. The number of piperidine rings is 1. The van der Waals surface area contributed by atoms with Crippen molar-refractivity contribution in [1.29, 1.82) is 0 Å². The van der Waals surface area contributed by atoms with Gasteiger partial charge in [0, 0.05) is 18.1 Å². The zero-order chi connectivity index (χ0) is 11.2. The third-order valence-electron chi connectivity index (χ3n) is 2.75. The minimum atomic E-state index is 0.734. The monoisotopic (exact) mass is 238 g/mol. The Kier molecular flexibility index (Phi) is 4.49. The maximum absolute atomic E-state index is 5.80. The number of benzene rings is 1. The highest BCUT2D eigenvalue weighted by Crippen LogP contribution is 2.16. The van der Waals surface area contributed by atoms with E-state index in [9.17, 15) is 0 Å². The van der Waals surface area contributed by atoms with E-state index in [0.717, 1.165) is 23.9 Å². The average Bonchev–Trinajstić information content (AvgIpc) is 2.33. The van der Waals surface area contributed by atoms with Gasteiger partial charge in [-0.25, -0.2) is 0 Å². The fourth-order valence-corrected chi connectivity index (χ4v) is 1.97. The number of rotatable bonds is 4. The van der Waals surface area contributed by atoms with E-state index in [1.807, 2.05) is 24.3 Å². The molecule has 87 valence electrons. The summed E-state index contributed by atoms with van der Waals surface area (Å²) in [4.78, 5) is 2.35. The zero-order valence-corrected chi connectivity index (χ0v) is 10.1. The lowest BCUT2D eigenvalue weighted by Gasteiger charge is -2.25. The van der Waals surface area contributed by atoms with Crippen LogP contribution in [0.25, 0.3) is 0 Å². The largest absolute Gasteiger partial charge is 0.492 e. The van der Waals surface area contributed by atoms with E-state index in [0.29, 0.717) is 0 Å². The number of halogens is 1. The second-order valence-corrected chi connectivity index (χ2v) is 4.45. The van der Waals surface area contributed by atoms with Crippen LogP contribution in [0.1, 0.15) is 19.3 Å². The van der Waals surface area contributed by atoms with Crippen LogP contribution in [0.3, 0.4) is 0 Å². The van der Waals surface area contributed by atoms with Gasteiger partial charge in [0.1, 0.15) is 12.4 Å². The molecular weight excluding hydrogens is 222 g/mol. The van der Waals surface area contributed by atoms with Crippen molar-refractivity contribution >= 4 is 11.6 Å². The summed E-state index contributed by atoms with van der Waals surface area (Å²) in [5, 5.41) is 0.747. The quantitative estimate of drug-likeness (QED) is 0.798. The van der Waals surface area contributed by atoms with Gasteiger partial charge in [-0.1, -0.05) is 18.0 Å². The highest BCUT2D eigenvalue weighted by atomic mass is 35.5. The van der Waals surface area contributed by atoms with E-state index >= 15 is 0 Å². The lowest BCUT2D eigenvalue weighted by molar-refractivity contribution is 0.216. The Morgan fingerprint density at radius 3 is 2.69 bits per heavy atom. The molecule has 1 fully saturated rings. The molecule has 0 unspecified atom stereocenters. The standard InChI is InChI=1S/C13H17ClNO/c14-12-4-6-13(7-5-12)16-11-10-15-8-2-1-3-9-15/h4-8H,1-3,9-11H2. The van der Waals surface area contributed by atoms with Crippen LogP contribution in [0.4, 0.5) is 0 Å². The molecule has 1 radical (unpaired) electrons. The van der Waals surface area contributed by atoms with Gasteiger partial charge in [-0.2, -0.15) is 0 Å². The van der Waals surface area contributed by atoms with Crippen LogP contribution >= 0.6 is 11.6 Å². The molecule has 0 saturated carbocycles. The van der Waals surface area contributed by atoms with Gasteiger partial charge in [0.05, 0.1) is 0 Å². The van der Waals surface area contributed by atoms with Crippen molar-refractivity contribution in [3.05, 3.63) is 35.8 Å². The Morgan fingerprint density at radius 2 is 2.00 bits per heavy atom. The van der Waals surface area contributed by atoms with Crippen LogP contribution in [0, 0.1) is 6.54 Å². The lowest BCUT2D eigenvalue weighted by atomic mass is 10.1. The Morgan fingerprint density at radius 1 is 1.19 bits per heavy atom. The number of nitrogens with zero attached hydrogens (tertiary/aromatic N) is 1. The first-order chi connectivity index (χ1) is 7.84. The summed E-state index contributed by atoms with van der Waals surface area (Å²) >= 11 is 5.80. The van der Waals surface area contributed by atoms with Crippen molar-refractivity contribution in [2.45, 2.75) is 19.3 Å². The second-order valence-electron chi connectivity index (χ2n) is 4.02. The third kappa shape index (κ3) is 3.69. The molecule has 0 spiro atoms. The van der Waals surface area contributed by atoms with Gasteiger partial charge in [0.15, 0.2) is 0 Å². The van der Waals surface area contributed by atoms with Crippen molar-refractivity contribution in [2.75, 3.05) is 19.7 Å². The third-order valence-corrected chi connectivity index (χ3v) is 3.00. The number of hydrogen-bond donors (Lipinski definition) is 0. The molecule has 1 aromatic carbocycles. The van der Waals surface area contributed by atoms with Crippen molar-refractivity contribution in [2.24, 2.45) is 0 Å². The molecule has 1 saturated heterocycles. The van der Waals surface area contributed by atoms with Gasteiger partial charge in [-0.15, -0.1) is 0 Å². The minimum absolute atomic E-state index is 0.734. The van der Waals surface area contributed by atoms with Crippen LogP contribution in [0.15, 0.2) is 24.3 Å². The first kappa shape index (κ1) is 11.7. The van der Waals surface area contributed by atoms with Crippen LogP contribution < -0.4 is 4.74 Å².